The van der Waals surface area contributed by atoms with Crippen LogP contribution in [0.4, 0.5) is 15.8 Å². The molecular formula is C24H30FN2O+. The van der Waals surface area contributed by atoms with Gasteiger partial charge in [-0.25, -0.2) is 4.39 Å². The molecule has 28 heavy (non-hydrogen) atoms. The largest absolute Gasteiger partial charge is 0.507 e. The predicted molar refractivity (Wildman–Crippen MR) is 116 cm³/mol. The van der Waals surface area contributed by atoms with E-state index in [2.05, 4.69) is 37.2 Å². The monoisotopic (exact) mass is 381 g/mol. The van der Waals surface area contributed by atoms with E-state index in [0.29, 0.717) is 0 Å². The van der Waals surface area contributed by atoms with E-state index in [1.165, 1.54) is 6.07 Å². The van der Waals surface area contributed by atoms with Crippen molar-refractivity contribution in [2.45, 2.75) is 39.5 Å². The Balaban J connectivity index is 1.97. The summed E-state index contributed by atoms with van der Waals surface area (Å²) in [5.41, 5.74) is 4.68. The number of nitrogens with zero attached hydrogens (tertiary/aromatic N) is 2. The van der Waals surface area contributed by atoms with Crippen LogP contribution in [0.15, 0.2) is 42.5 Å². The topological polar surface area (TPSA) is 26.5 Å². The van der Waals surface area contributed by atoms with E-state index in [0.717, 1.165) is 47.7 Å². The molecule has 0 saturated heterocycles. The number of hydrogen-bond acceptors (Lipinski definition) is 2. The van der Waals surface area contributed by atoms with Gasteiger partial charge in [0.1, 0.15) is 18.6 Å². The number of rotatable bonds is 6. The first-order chi connectivity index (χ1) is 13.3. The van der Waals surface area contributed by atoms with Gasteiger partial charge in [-0.05, 0) is 57.5 Å². The van der Waals surface area contributed by atoms with Crippen LogP contribution >= 0.6 is 0 Å². The highest BCUT2D eigenvalue weighted by molar-refractivity contribution is 6.05. The Morgan fingerprint density at radius 3 is 2.39 bits per heavy atom. The molecule has 148 valence electrons. The van der Waals surface area contributed by atoms with Crippen molar-refractivity contribution in [1.82, 2.24) is 0 Å². The van der Waals surface area contributed by atoms with Crippen LogP contribution < -0.4 is 4.90 Å². The number of anilines is 1. The number of allylic oxidation sites excluding steroid dienone is 1. The molecular weight excluding hydrogens is 351 g/mol. The van der Waals surface area contributed by atoms with Crippen molar-refractivity contribution in [1.29, 1.82) is 0 Å². The number of hydrogen-bond donors (Lipinski definition) is 1. The fourth-order valence-corrected chi connectivity index (χ4v) is 4.18. The quantitative estimate of drug-likeness (QED) is 0.670. The summed E-state index contributed by atoms with van der Waals surface area (Å²) in [5, 5.41) is 10.5. The lowest BCUT2D eigenvalue weighted by Crippen LogP contribution is -2.29. The van der Waals surface area contributed by atoms with Crippen molar-refractivity contribution in [3.63, 3.8) is 0 Å². The molecule has 3 rings (SSSR count). The summed E-state index contributed by atoms with van der Waals surface area (Å²) in [5.74, 6) is 0.0605. The van der Waals surface area contributed by atoms with Crippen molar-refractivity contribution in [2.24, 2.45) is 0 Å². The second kappa shape index (κ2) is 7.78. The standard InChI is InChI=1S/C24H29FN2O/c1-6-24(4)20-15-18(25)11-13-21(20)26(5)23(24)14-10-17-9-12-19(16-22(17)28)27(7-2)8-3/h9-16H,6-8H2,1-5H3/p+1. The Hall–Kier alpha value is -2.62. The maximum Gasteiger partial charge on any atom is 0.209 e. The number of aromatic hydroxyl groups is 1. The van der Waals surface area contributed by atoms with Crippen LogP contribution in [-0.4, -0.2) is 35.5 Å². The van der Waals surface area contributed by atoms with Crippen LogP contribution in [0.2, 0.25) is 0 Å². The summed E-state index contributed by atoms with van der Waals surface area (Å²) in [6.45, 7) is 10.3. The number of phenolic OH excluding ortho intramolecular Hbond substituents is 1. The van der Waals surface area contributed by atoms with E-state index < -0.39 is 0 Å². The molecule has 0 amide bonds. The molecule has 1 unspecified atom stereocenters. The van der Waals surface area contributed by atoms with Gasteiger partial charge in [0.2, 0.25) is 5.69 Å². The Morgan fingerprint density at radius 2 is 1.79 bits per heavy atom. The first-order valence-electron chi connectivity index (χ1n) is 10.0. The zero-order chi connectivity index (χ0) is 20.5. The molecule has 1 aliphatic heterocycles. The maximum atomic E-state index is 13.9. The van der Waals surface area contributed by atoms with Gasteiger partial charge < -0.3 is 10.0 Å². The Kier molecular flexibility index (Phi) is 5.59. The molecule has 0 aromatic heterocycles. The number of fused-ring (bicyclic) bond motifs is 1. The predicted octanol–water partition coefficient (Wildman–Crippen LogP) is 5.49. The SMILES string of the molecule is CCN(CC)c1ccc(/C=C/C2=[N+](C)c3ccc(F)cc3C2(C)CC)c(O)c1. The molecule has 4 heteroatoms. The van der Waals surface area contributed by atoms with Crippen LogP contribution in [0.3, 0.4) is 0 Å². The van der Waals surface area contributed by atoms with E-state index in [4.69, 9.17) is 0 Å². The van der Waals surface area contributed by atoms with Crippen molar-refractivity contribution < 1.29 is 14.1 Å². The van der Waals surface area contributed by atoms with Crippen molar-refractivity contribution in [3.05, 3.63) is 59.4 Å². The lowest BCUT2D eigenvalue weighted by Gasteiger charge is -2.21. The second-order valence-corrected chi connectivity index (χ2v) is 7.54. The summed E-state index contributed by atoms with van der Waals surface area (Å²) < 4.78 is 16.0. The van der Waals surface area contributed by atoms with Crippen LogP contribution in [-0.2, 0) is 5.41 Å². The van der Waals surface area contributed by atoms with Crippen molar-refractivity contribution in [3.8, 4) is 5.75 Å². The molecule has 0 bridgehead atoms. The van der Waals surface area contributed by atoms with Crippen LogP contribution in [0.5, 0.6) is 5.75 Å². The molecule has 1 aliphatic rings. The minimum atomic E-state index is -0.264. The van der Waals surface area contributed by atoms with E-state index in [9.17, 15) is 9.50 Å². The molecule has 0 aliphatic carbocycles. The summed E-state index contributed by atoms with van der Waals surface area (Å²) in [4.78, 5) is 2.20. The Bertz CT molecular complexity index is 944. The third-order valence-corrected chi connectivity index (χ3v) is 6.11. The van der Waals surface area contributed by atoms with Crippen molar-refractivity contribution in [2.75, 3.05) is 25.0 Å². The molecule has 0 fully saturated rings. The van der Waals surface area contributed by atoms with E-state index in [1.807, 2.05) is 43.5 Å². The zero-order valence-electron chi connectivity index (χ0n) is 17.5. The van der Waals surface area contributed by atoms with Gasteiger partial charge in [-0.2, -0.15) is 4.58 Å². The highest BCUT2D eigenvalue weighted by Gasteiger charge is 2.45. The molecule has 2 aromatic carbocycles. The molecule has 1 atom stereocenters. The molecule has 0 radical (unpaired) electrons. The molecule has 1 N–H and O–H groups in total. The molecule has 0 spiro atoms. The molecule has 3 nitrogen and oxygen atoms in total. The van der Waals surface area contributed by atoms with Gasteiger partial charge in [0, 0.05) is 48.1 Å². The Labute approximate surface area is 167 Å². The van der Waals surface area contributed by atoms with Crippen LogP contribution in [0.1, 0.15) is 45.2 Å². The van der Waals surface area contributed by atoms with Gasteiger partial charge in [0.05, 0.1) is 5.41 Å². The van der Waals surface area contributed by atoms with Crippen LogP contribution in [0, 0.1) is 5.82 Å². The lowest BCUT2D eigenvalue weighted by atomic mass is 9.77. The van der Waals surface area contributed by atoms with E-state index in [-0.39, 0.29) is 17.0 Å². The summed E-state index contributed by atoms with van der Waals surface area (Å²) in [7, 11) is 2.01. The van der Waals surface area contributed by atoms with Gasteiger partial charge in [0.25, 0.3) is 0 Å². The average molecular weight is 382 g/mol. The third kappa shape index (κ3) is 3.32. The first kappa shape index (κ1) is 20.1. The number of phenols is 1. The minimum absolute atomic E-state index is 0.207. The van der Waals surface area contributed by atoms with Crippen molar-refractivity contribution >= 4 is 23.2 Å². The normalized spacial score (nSPS) is 18.8. The fourth-order valence-electron chi connectivity index (χ4n) is 4.18. The van der Waals surface area contributed by atoms with Gasteiger partial charge >= 0.3 is 0 Å². The average Bonchev–Trinajstić information content (AvgIpc) is 2.89. The fraction of sp³-hybridized carbons (Fsp3) is 0.375. The van der Waals surface area contributed by atoms with E-state index in [1.54, 1.807) is 6.07 Å². The highest BCUT2D eigenvalue weighted by Crippen LogP contribution is 2.42. The summed E-state index contributed by atoms with van der Waals surface area (Å²) in [6.07, 6.45) is 4.86. The smallest absolute Gasteiger partial charge is 0.209 e. The summed E-state index contributed by atoms with van der Waals surface area (Å²) in [6, 6.07) is 10.8. The third-order valence-electron chi connectivity index (χ3n) is 6.11. The first-order valence-corrected chi connectivity index (χ1v) is 10.0. The number of benzene rings is 2. The lowest BCUT2D eigenvalue weighted by molar-refractivity contribution is -0.401. The highest BCUT2D eigenvalue weighted by atomic mass is 19.1. The molecule has 0 saturated carbocycles. The number of halogens is 1. The summed E-state index contributed by atoms with van der Waals surface area (Å²) >= 11 is 0. The van der Waals surface area contributed by atoms with Gasteiger partial charge in [-0.1, -0.05) is 6.92 Å². The maximum absolute atomic E-state index is 13.9. The van der Waals surface area contributed by atoms with E-state index >= 15 is 0 Å². The van der Waals surface area contributed by atoms with Gasteiger partial charge in [-0.15, -0.1) is 0 Å². The second-order valence-electron chi connectivity index (χ2n) is 7.54. The minimum Gasteiger partial charge on any atom is -0.507 e. The molecule has 1 heterocycles. The zero-order valence-corrected chi connectivity index (χ0v) is 17.5. The van der Waals surface area contributed by atoms with Gasteiger partial charge in [0.15, 0.2) is 5.71 Å². The van der Waals surface area contributed by atoms with Crippen LogP contribution in [0.25, 0.3) is 6.08 Å². The van der Waals surface area contributed by atoms with Gasteiger partial charge in [-0.3, -0.25) is 0 Å². The Morgan fingerprint density at radius 1 is 1.07 bits per heavy atom. The molecule has 2 aromatic rings.